The molecule has 0 heterocycles. The highest BCUT2D eigenvalue weighted by molar-refractivity contribution is 5.81. The summed E-state index contributed by atoms with van der Waals surface area (Å²) < 4.78 is 16.3. The van der Waals surface area contributed by atoms with E-state index in [1.165, 1.54) is 0 Å². The molecule has 2 aromatic rings. The number of carbonyl (C=O) groups excluding carboxylic acids is 1. The van der Waals surface area contributed by atoms with Crippen LogP contribution in [-0.2, 0) is 11.2 Å². The Morgan fingerprint density at radius 1 is 1.00 bits per heavy atom. The van der Waals surface area contributed by atoms with Crippen molar-refractivity contribution in [2.75, 3.05) is 20.8 Å². The van der Waals surface area contributed by atoms with Crippen LogP contribution in [0.4, 0.5) is 0 Å². The van der Waals surface area contributed by atoms with E-state index in [4.69, 9.17) is 14.2 Å². The van der Waals surface area contributed by atoms with Gasteiger partial charge in [-0.1, -0.05) is 25.1 Å². The maximum Gasteiger partial charge on any atom is 0.261 e. The fraction of sp³-hybridized carbons (Fsp3) is 0.381. The third-order valence-corrected chi connectivity index (χ3v) is 4.12. The summed E-state index contributed by atoms with van der Waals surface area (Å²) in [5.41, 5.74) is 1.14. The number of carbonyl (C=O) groups is 1. The maximum absolute atomic E-state index is 12.4. The minimum Gasteiger partial charge on any atom is -0.497 e. The highest BCUT2D eigenvalue weighted by atomic mass is 16.5. The van der Waals surface area contributed by atoms with Crippen molar-refractivity contribution in [2.45, 2.75) is 32.3 Å². The maximum atomic E-state index is 12.4. The summed E-state index contributed by atoms with van der Waals surface area (Å²) in [4.78, 5) is 12.4. The summed E-state index contributed by atoms with van der Waals surface area (Å²) in [5, 5.41) is 2.95. The van der Waals surface area contributed by atoms with Gasteiger partial charge in [0, 0.05) is 6.54 Å². The minimum absolute atomic E-state index is 0.0941. The second-order valence-electron chi connectivity index (χ2n) is 5.90. The van der Waals surface area contributed by atoms with E-state index in [0.29, 0.717) is 18.7 Å². The Morgan fingerprint density at radius 3 is 2.35 bits per heavy atom. The van der Waals surface area contributed by atoms with Crippen LogP contribution in [0.1, 0.15) is 25.3 Å². The second-order valence-corrected chi connectivity index (χ2v) is 5.90. The van der Waals surface area contributed by atoms with Crippen LogP contribution in [-0.4, -0.2) is 32.8 Å². The van der Waals surface area contributed by atoms with Crippen molar-refractivity contribution in [2.24, 2.45) is 0 Å². The molecule has 0 bridgehead atoms. The molecule has 1 N–H and O–H groups in total. The molecule has 1 atom stereocenters. The number of methoxy groups -OCH3 is 2. The predicted molar refractivity (Wildman–Crippen MR) is 102 cm³/mol. The molecular weight excluding hydrogens is 330 g/mol. The standard InChI is InChI=1S/C21H27NO4/c1-4-19(26-18-13-11-17(24-2)12-14-18)21(23)22-15-7-9-16-8-5-6-10-20(16)25-3/h5-6,8,10-14,19H,4,7,9,15H2,1-3H3,(H,22,23). The Labute approximate surface area is 155 Å². The number of hydrogen-bond donors (Lipinski definition) is 1. The number of benzene rings is 2. The first kappa shape index (κ1) is 19.6. The molecule has 5 nitrogen and oxygen atoms in total. The van der Waals surface area contributed by atoms with E-state index in [-0.39, 0.29) is 5.91 Å². The molecule has 0 aromatic heterocycles. The fourth-order valence-corrected chi connectivity index (χ4v) is 2.65. The van der Waals surface area contributed by atoms with Crippen LogP contribution in [0.5, 0.6) is 17.2 Å². The number of para-hydroxylation sites is 1. The zero-order valence-electron chi connectivity index (χ0n) is 15.7. The number of amides is 1. The lowest BCUT2D eigenvalue weighted by Crippen LogP contribution is -2.38. The average Bonchev–Trinajstić information content (AvgIpc) is 2.69. The van der Waals surface area contributed by atoms with Crippen LogP contribution in [0.25, 0.3) is 0 Å². The topological polar surface area (TPSA) is 56.8 Å². The highest BCUT2D eigenvalue weighted by Gasteiger charge is 2.17. The van der Waals surface area contributed by atoms with Gasteiger partial charge in [-0.2, -0.15) is 0 Å². The van der Waals surface area contributed by atoms with Gasteiger partial charge in [-0.3, -0.25) is 4.79 Å². The summed E-state index contributed by atoms with van der Waals surface area (Å²) >= 11 is 0. The van der Waals surface area contributed by atoms with Gasteiger partial charge in [-0.25, -0.2) is 0 Å². The summed E-state index contributed by atoms with van der Waals surface area (Å²) in [5.74, 6) is 2.20. The van der Waals surface area contributed by atoms with Crippen molar-refractivity contribution in [1.82, 2.24) is 5.32 Å². The van der Waals surface area contributed by atoms with E-state index in [1.807, 2.05) is 43.3 Å². The monoisotopic (exact) mass is 357 g/mol. The lowest BCUT2D eigenvalue weighted by Gasteiger charge is -2.17. The number of nitrogens with one attached hydrogen (secondary N) is 1. The normalized spacial score (nSPS) is 11.5. The minimum atomic E-state index is -0.505. The van der Waals surface area contributed by atoms with E-state index >= 15 is 0 Å². The van der Waals surface area contributed by atoms with E-state index in [2.05, 4.69) is 5.32 Å². The average molecular weight is 357 g/mol. The van der Waals surface area contributed by atoms with Crippen molar-refractivity contribution in [3.8, 4) is 17.2 Å². The number of aryl methyl sites for hydroxylation is 1. The fourth-order valence-electron chi connectivity index (χ4n) is 2.65. The van der Waals surface area contributed by atoms with Crippen LogP contribution in [0.3, 0.4) is 0 Å². The first-order valence-electron chi connectivity index (χ1n) is 8.88. The summed E-state index contributed by atoms with van der Waals surface area (Å²) in [6, 6.07) is 15.2. The summed E-state index contributed by atoms with van der Waals surface area (Å²) in [7, 11) is 3.28. The second kappa shape index (κ2) is 10.3. The molecule has 140 valence electrons. The van der Waals surface area contributed by atoms with Gasteiger partial charge in [0.15, 0.2) is 6.10 Å². The van der Waals surface area contributed by atoms with Crippen molar-refractivity contribution in [3.05, 3.63) is 54.1 Å². The number of rotatable bonds is 10. The lowest BCUT2D eigenvalue weighted by atomic mass is 10.1. The zero-order valence-corrected chi connectivity index (χ0v) is 15.7. The Bertz CT molecular complexity index is 685. The largest absolute Gasteiger partial charge is 0.497 e. The number of ether oxygens (including phenoxy) is 3. The quantitative estimate of drug-likeness (QED) is 0.660. The van der Waals surface area contributed by atoms with E-state index in [1.54, 1.807) is 26.4 Å². The van der Waals surface area contributed by atoms with Crippen molar-refractivity contribution < 1.29 is 19.0 Å². The van der Waals surface area contributed by atoms with Gasteiger partial charge >= 0.3 is 0 Å². The molecule has 0 aliphatic heterocycles. The molecule has 2 aromatic carbocycles. The highest BCUT2D eigenvalue weighted by Crippen LogP contribution is 2.20. The first-order valence-corrected chi connectivity index (χ1v) is 8.88. The molecule has 2 rings (SSSR count). The SMILES string of the molecule is CCC(Oc1ccc(OC)cc1)C(=O)NCCCc1ccccc1OC. The third-order valence-electron chi connectivity index (χ3n) is 4.12. The molecule has 0 spiro atoms. The molecular formula is C21H27NO4. The van der Waals surface area contributed by atoms with Crippen molar-refractivity contribution in [1.29, 1.82) is 0 Å². The molecule has 1 amide bonds. The van der Waals surface area contributed by atoms with Gasteiger partial charge in [-0.05, 0) is 55.2 Å². The van der Waals surface area contributed by atoms with Crippen LogP contribution in [0.15, 0.2) is 48.5 Å². The molecule has 0 aliphatic carbocycles. The predicted octanol–water partition coefficient (Wildman–Crippen LogP) is 3.61. The molecule has 0 radical (unpaired) electrons. The summed E-state index contributed by atoms with van der Waals surface area (Å²) in [6.45, 7) is 2.53. The summed E-state index contributed by atoms with van der Waals surface area (Å²) in [6.07, 6.45) is 1.78. The van der Waals surface area contributed by atoms with Gasteiger partial charge in [0.25, 0.3) is 5.91 Å². The zero-order chi connectivity index (χ0) is 18.8. The van der Waals surface area contributed by atoms with Gasteiger partial charge in [-0.15, -0.1) is 0 Å². The van der Waals surface area contributed by atoms with Crippen LogP contribution in [0, 0.1) is 0 Å². The Hall–Kier alpha value is -2.69. The van der Waals surface area contributed by atoms with Crippen LogP contribution < -0.4 is 19.5 Å². The van der Waals surface area contributed by atoms with Gasteiger partial charge in [0.1, 0.15) is 17.2 Å². The van der Waals surface area contributed by atoms with Crippen LogP contribution >= 0.6 is 0 Å². The Morgan fingerprint density at radius 2 is 1.69 bits per heavy atom. The van der Waals surface area contributed by atoms with E-state index < -0.39 is 6.10 Å². The van der Waals surface area contributed by atoms with Crippen molar-refractivity contribution in [3.63, 3.8) is 0 Å². The lowest BCUT2D eigenvalue weighted by molar-refractivity contribution is -0.128. The molecule has 0 saturated heterocycles. The van der Waals surface area contributed by atoms with Gasteiger partial charge in [0.05, 0.1) is 14.2 Å². The molecule has 26 heavy (non-hydrogen) atoms. The molecule has 5 heteroatoms. The third kappa shape index (κ3) is 5.69. The molecule has 0 fully saturated rings. The molecule has 0 aliphatic rings. The first-order chi connectivity index (χ1) is 12.7. The Balaban J connectivity index is 1.79. The van der Waals surface area contributed by atoms with Gasteiger partial charge in [0.2, 0.25) is 0 Å². The van der Waals surface area contributed by atoms with E-state index in [9.17, 15) is 4.79 Å². The smallest absolute Gasteiger partial charge is 0.261 e. The molecule has 1 unspecified atom stereocenters. The Kier molecular flexibility index (Phi) is 7.80. The number of hydrogen-bond acceptors (Lipinski definition) is 4. The van der Waals surface area contributed by atoms with E-state index in [0.717, 1.165) is 29.9 Å². The molecule has 0 saturated carbocycles. The van der Waals surface area contributed by atoms with Crippen molar-refractivity contribution >= 4 is 5.91 Å². The van der Waals surface area contributed by atoms with Crippen LogP contribution in [0.2, 0.25) is 0 Å². The van der Waals surface area contributed by atoms with Gasteiger partial charge < -0.3 is 19.5 Å².